The van der Waals surface area contributed by atoms with E-state index in [1.165, 1.54) is 10.6 Å². The molecule has 0 spiro atoms. The normalized spacial score (nSPS) is 15.9. The Balaban J connectivity index is 1.15. The molecule has 0 N–H and O–H groups in total. The van der Waals surface area contributed by atoms with E-state index in [0.717, 1.165) is 27.8 Å². The molecule has 0 atom stereocenters. The lowest BCUT2D eigenvalue weighted by Gasteiger charge is -2.45. The van der Waals surface area contributed by atoms with Gasteiger partial charge in [0.05, 0.1) is 52.8 Å². The first-order chi connectivity index (χ1) is 44.8. The van der Waals surface area contributed by atoms with Crippen molar-refractivity contribution in [2.45, 2.75) is 26.2 Å². The number of anilines is 6. The SMILES string of the molecule is [2H]c1c([2H])c([2H])c(-c2ccc3c(c2)N(c2ccc(-c4ccccc4)cc2-c2ccccc2)c2cc(C(C)(C)C)cc4c2B3c2ccc(-c3c([2H])c([2H])c([2H])c([2H])c3[2H])cc2N4c2cccc(-n3c4c([2H])c([2H])c([2H])c([2H])c4c4c([2H])c([2H])c([2H])c([2H])c43)c2C#N)c([2H])c1[2H]. The van der Waals surface area contributed by atoms with E-state index in [1.54, 1.807) is 30.3 Å². The van der Waals surface area contributed by atoms with E-state index in [2.05, 4.69) is 23.1 Å². The highest BCUT2D eigenvalue weighted by molar-refractivity contribution is 7.00. The molecular formula is C71H51BN4. The number of aromatic nitrogens is 1. The minimum absolute atomic E-state index is 0.0143. The molecule has 0 saturated carbocycles. The summed E-state index contributed by atoms with van der Waals surface area (Å²) in [6.07, 6.45) is 0. The summed E-state index contributed by atoms with van der Waals surface area (Å²) in [4.78, 5) is 3.99. The highest BCUT2D eigenvalue weighted by Gasteiger charge is 2.45. The van der Waals surface area contributed by atoms with Crippen LogP contribution >= 0.6 is 0 Å². The maximum Gasteiger partial charge on any atom is 0.252 e. The Labute approximate surface area is 470 Å². The molecule has 0 amide bonds. The first-order valence-corrected chi connectivity index (χ1v) is 24.8. The third kappa shape index (κ3) is 7.21. The number of benzene rings is 11. The van der Waals surface area contributed by atoms with Gasteiger partial charge in [-0.3, -0.25) is 0 Å². The molecule has 0 bridgehead atoms. The van der Waals surface area contributed by atoms with Gasteiger partial charge >= 0.3 is 0 Å². The van der Waals surface area contributed by atoms with Gasteiger partial charge in [0.15, 0.2) is 0 Å². The van der Waals surface area contributed by atoms with Crippen LogP contribution in [0.15, 0.2) is 254 Å². The molecule has 12 aromatic rings. The van der Waals surface area contributed by atoms with E-state index in [-0.39, 0.29) is 55.4 Å². The average molecular weight is 989 g/mol. The van der Waals surface area contributed by atoms with Crippen LogP contribution in [0.3, 0.4) is 0 Å². The fourth-order valence-electron chi connectivity index (χ4n) is 11.1. The minimum atomic E-state index is -0.763. The van der Waals surface area contributed by atoms with Crippen molar-refractivity contribution < 1.29 is 24.7 Å². The monoisotopic (exact) mass is 989 g/mol. The van der Waals surface area contributed by atoms with E-state index in [9.17, 15) is 16.2 Å². The molecule has 0 radical (unpaired) electrons. The van der Waals surface area contributed by atoms with Crippen LogP contribution in [0.25, 0.3) is 72.0 Å². The Kier molecular flexibility index (Phi) is 7.01. The molecule has 5 heteroatoms. The third-order valence-electron chi connectivity index (χ3n) is 14.6. The summed E-state index contributed by atoms with van der Waals surface area (Å²) in [5, 5.41) is 11.7. The lowest BCUT2D eigenvalue weighted by atomic mass is 9.33. The fourth-order valence-corrected chi connectivity index (χ4v) is 11.1. The van der Waals surface area contributed by atoms with Crippen molar-refractivity contribution in [1.82, 2.24) is 4.57 Å². The number of nitriles is 1. The maximum atomic E-state index is 12.1. The van der Waals surface area contributed by atoms with Gasteiger partial charge in [0.2, 0.25) is 0 Å². The van der Waals surface area contributed by atoms with E-state index in [1.807, 2.05) is 123 Å². The van der Waals surface area contributed by atoms with Crippen LogP contribution in [0.1, 0.15) is 56.6 Å². The Morgan fingerprint density at radius 3 is 1.45 bits per heavy atom. The number of fused-ring (bicyclic) bond motifs is 7. The average Bonchev–Trinajstić information content (AvgIpc) is 1.09. The van der Waals surface area contributed by atoms with Gasteiger partial charge in [-0.15, -0.1) is 0 Å². The number of para-hydroxylation sites is 2. The first kappa shape index (κ1) is 29.9. The van der Waals surface area contributed by atoms with Gasteiger partial charge in [-0.25, -0.2) is 0 Å². The standard InChI is InChI=1S/C71H51BN4/c1-71(2,3)54-44-68-70-69(45-54)76(65-40-37-51(47-21-8-4-9-22-47)41-57(65)50-27-14-7-15-28-50)67-43-53(49-25-12-6-13-26-49)36-39-60(67)72(70)59-38-35-52(48-23-10-5-11-24-48)42-66(59)75(68)64-34-20-33-63(58(64)46-73)74-61-31-18-16-29-55(61)56-30-17-19-32-62(56)74/h4-45H,1-3H3/i5D,6D,10D,11D,12D,13D,16D,17D,18D,19D,23D,24D,25D,26D,29D,30D,31D,32D. The topological polar surface area (TPSA) is 35.2 Å². The summed E-state index contributed by atoms with van der Waals surface area (Å²) in [7, 11) is 0. The van der Waals surface area contributed by atoms with Gasteiger partial charge in [-0.1, -0.05) is 215 Å². The van der Waals surface area contributed by atoms with Gasteiger partial charge in [0.25, 0.3) is 6.71 Å². The highest BCUT2D eigenvalue weighted by atomic mass is 15.2. The van der Waals surface area contributed by atoms with Crippen molar-refractivity contribution in [3.63, 3.8) is 0 Å². The van der Waals surface area contributed by atoms with Crippen LogP contribution in [-0.2, 0) is 5.41 Å². The van der Waals surface area contributed by atoms with Gasteiger partial charge < -0.3 is 14.4 Å². The van der Waals surface area contributed by atoms with E-state index in [0.29, 0.717) is 50.4 Å². The van der Waals surface area contributed by atoms with Crippen LogP contribution in [-0.4, -0.2) is 11.3 Å². The molecule has 0 unspecified atom stereocenters. The zero-order valence-corrected chi connectivity index (χ0v) is 41.2. The molecule has 3 heterocycles. The van der Waals surface area contributed by atoms with Crippen LogP contribution in [0.5, 0.6) is 0 Å². The zero-order valence-electron chi connectivity index (χ0n) is 59.2. The highest BCUT2D eigenvalue weighted by Crippen LogP contribution is 2.51. The molecule has 11 aromatic carbocycles. The molecule has 358 valence electrons. The van der Waals surface area contributed by atoms with E-state index >= 15 is 0 Å². The van der Waals surface area contributed by atoms with Crippen molar-refractivity contribution in [3.05, 3.63) is 265 Å². The summed E-state index contributed by atoms with van der Waals surface area (Å²) in [6, 6.07) is 38.2. The Morgan fingerprint density at radius 2 is 0.895 bits per heavy atom. The summed E-state index contributed by atoms with van der Waals surface area (Å²) >= 11 is 0. The fraction of sp³-hybridized carbons (Fsp3) is 0.0563. The van der Waals surface area contributed by atoms with Crippen molar-refractivity contribution in [3.8, 4) is 56.3 Å². The number of nitrogens with zero attached hydrogens (tertiary/aromatic N) is 4. The molecule has 0 fully saturated rings. The van der Waals surface area contributed by atoms with Crippen LogP contribution in [0.4, 0.5) is 34.1 Å². The van der Waals surface area contributed by atoms with E-state index < -0.39 is 121 Å². The molecule has 0 saturated heterocycles. The third-order valence-corrected chi connectivity index (χ3v) is 14.6. The lowest BCUT2D eigenvalue weighted by Crippen LogP contribution is -2.61. The Bertz CT molecular complexity index is 5260. The Morgan fingerprint density at radius 1 is 0.408 bits per heavy atom. The van der Waals surface area contributed by atoms with Gasteiger partial charge in [-0.2, -0.15) is 5.26 Å². The van der Waals surface area contributed by atoms with Gasteiger partial charge in [0.1, 0.15) is 11.6 Å². The summed E-state index contributed by atoms with van der Waals surface area (Å²) in [5.41, 5.74) is 8.35. The van der Waals surface area contributed by atoms with Crippen molar-refractivity contribution in [1.29, 1.82) is 5.26 Å². The van der Waals surface area contributed by atoms with Gasteiger partial charge in [0, 0.05) is 39.1 Å². The molecule has 1 aromatic heterocycles. The predicted octanol–water partition coefficient (Wildman–Crippen LogP) is 16.7. The summed E-state index contributed by atoms with van der Waals surface area (Å²) in [5.74, 6) is 0. The second kappa shape index (κ2) is 17.8. The lowest BCUT2D eigenvalue weighted by molar-refractivity contribution is 0.590. The molecule has 2 aliphatic heterocycles. The van der Waals surface area contributed by atoms with E-state index in [4.69, 9.17) is 13.7 Å². The quantitative estimate of drug-likeness (QED) is 0.149. The van der Waals surface area contributed by atoms with Crippen LogP contribution in [0.2, 0.25) is 0 Å². The smallest absolute Gasteiger partial charge is 0.252 e. The van der Waals surface area contributed by atoms with Crippen LogP contribution in [0, 0.1) is 11.3 Å². The number of hydrogen-bond acceptors (Lipinski definition) is 3. The second-order valence-corrected chi connectivity index (χ2v) is 19.9. The predicted molar refractivity (Wildman–Crippen MR) is 320 cm³/mol. The summed E-state index contributed by atoms with van der Waals surface area (Å²) < 4.78 is 164. The number of hydrogen-bond donors (Lipinski definition) is 0. The van der Waals surface area contributed by atoms with Crippen molar-refractivity contribution in [2.24, 2.45) is 0 Å². The summed E-state index contributed by atoms with van der Waals surface area (Å²) in [6.45, 7) is 5.38. The zero-order chi connectivity index (χ0) is 66.7. The molecule has 2 aliphatic rings. The number of rotatable bonds is 7. The second-order valence-electron chi connectivity index (χ2n) is 19.9. The molecular weight excluding hydrogens is 920 g/mol. The molecule has 76 heavy (non-hydrogen) atoms. The maximum absolute atomic E-state index is 12.1. The van der Waals surface area contributed by atoms with Crippen molar-refractivity contribution >= 4 is 79.0 Å². The molecule has 4 nitrogen and oxygen atoms in total. The first-order valence-electron chi connectivity index (χ1n) is 33.8. The Hall–Kier alpha value is -9.63. The molecule has 0 aliphatic carbocycles. The van der Waals surface area contributed by atoms with Crippen LogP contribution < -0.4 is 26.2 Å². The largest absolute Gasteiger partial charge is 0.311 e. The van der Waals surface area contributed by atoms with Crippen molar-refractivity contribution in [2.75, 3.05) is 9.80 Å². The molecule has 14 rings (SSSR count). The minimum Gasteiger partial charge on any atom is -0.311 e. The van der Waals surface area contributed by atoms with Gasteiger partial charge in [-0.05, 0) is 127 Å².